The number of hydroxylamine groups is 2. The lowest BCUT2D eigenvalue weighted by molar-refractivity contribution is 0.0638. The summed E-state index contributed by atoms with van der Waals surface area (Å²) in [5.74, 6) is 0. The van der Waals surface area contributed by atoms with Gasteiger partial charge in [-0.05, 0) is 13.8 Å². The van der Waals surface area contributed by atoms with E-state index >= 15 is 0 Å². The van der Waals surface area contributed by atoms with E-state index in [1.165, 1.54) is 0 Å². The zero-order chi connectivity index (χ0) is 6.57. The van der Waals surface area contributed by atoms with Gasteiger partial charge in [0.2, 0.25) is 0 Å². The minimum atomic E-state index is -0.139. The van der Waals surface area contributed by atoms with E-state index in [-0.39, 0.29) is 12.1 Å². The van der Waals surface area contributed by atoms with Gasteiger partial charge in [-0.1, -0.05) is 0 Å². The number of hydrogen-bond acceptors (Lipinski definition) is 4. The third-order valence-corrected chi connectivity index (χ3v) is 1.16. The monoisotopic (exact) mass is 120 g/mol. The van der Waals surface area contributed by atoms with Crippen molar-refractivity contribution in [2.75, 3.05) is 0 Å². The number of hydrogen-bond donors (Lipinski definition) is 4. The van der Waals surface area contributed by atoms with Gasteiger partial charge in [-0.2, -0.15) is 0 Å². The first kappa shape index (κ1) is 7.84. The van der Waals surface area contributed by atoms with Crippen LogP contribution in [-0.2, 0) is 0 Å². The van der Waals surface area contributed by atoms with Gasteiger partial charge in [-0.25, -0.2) is 11.0 Å². The minimum Gasteiger partial charge on any atom is -0.316 e. The van der Waals surface area contributed by atoms with E-state index in [1.807, 2.05) is 11.0 Å². The highest BCUT2D eigenvalue weighted by atomic mass is 16.5. The van der Waals surface area contributed by atoms with E-state index in [4.69, 9.17) is 10.4 Å². The third-order valence-electron chi connectivity index (χ3n) is 1.16. The van der Waals surface area contributed by atoms with Crippen LogP contribution in [0, 0.1) is 0 Å². The lowest BCUT2D eigenvalue weighted by Crippen LogP contribution is -2.41. The van der Waals surface area contributed by atoms with Gasteiger partial charge in [0.05, 0.1) is 0 Å². The first-order valence-corrected chi connectivity index (χ1v) is 2.51. The van der Waals surface area contributed by atoms with Crippen molar-refractivity contribution in [3.8, 4) is 0 Å². The van der Waals surface area contributed by atoms with Crippen LogP contribution in [0.3, 0.4) is 0 Å². The molecule has 0 aromatic rings. The summed E-state index contributed by atoms with van der Waals surface area (Å²) >= 11 is 0. The van der Waals surface area contributed by atoms with Gasteiger partial charge in [-0.15, -0.1) is 0 Å². The van der Waals surface area contributed by atoms with Crippen molar-refractivity contribution in [1.82, 2.24) is 11.0 Å². The van der Waals surface area contributed by atoms with Crippen LogP contribution < -0.4 is 11.0 Å². The predicted molar refractivity (Wildman–Crippen MR) is 28.8 cm³/mol. The van der Waals surface area contributed by atoms with Crippen LogP contribution in [-0.4, -0.2) is 22.5 Å². The summed E-state index contributed by atoms with van der Waals surface area (Å²) in [7, 11) is 0. The van der Waals surface area contributed by atoms with Crippen LogP contribution in [0.4, 0.5) is 0 Å². The fraction of sp³-hybridized carbons (Fsp3) is 1.00. The van der Waals surface area contributed by atoms with Crippen LogP contribution in [0.25, 0.3) is 0 Å². The second-order valence-electron chi connectivity index (χ2n) is 1.84. The Labute approximate surface area is 48.4 Å². The van der Waals surface area contributed by atoms with Crippen molar-refractivity contribution in [3.05, 3.63) is 0 Å². The lowest BCUT2D eigenvalue weighted by atomic mass is 10.2. The Balaban J connectivity index is 3.29. The third kappa shape index (κ3) is 2.23. The maximum Gasteiger partial charge on any atom is 0.0464 e. The first-order chi connectivity index (χ1) is 3.72. The van der Waals surface area contributed by atoms with Crippen LogP contribution in [0.2, 0.25) is 0 Å². The summed E-state index contributed by atoms with van der Waals surface area (Å²) in [6, 6.07) is -0.278. The van der Waals surface area contributed by atoms with E-state index in [0.717, 1.165) is 0 Å². The first-order valence-electron chi connectivity index (χ1n) is 2.51. The Morgan fingerprint density at radius 1 is 1.00 bits per heavy atom. The van der Waals surface area contributed by atoms with E-state index in [2.05, 4.69) is 0 Å². The molecule has 0 spiro atoms. The molecule has 0 saturated carbocycles. The number of rotatable bonds is 3. The van der Waals surface area contributed by atoms with Crippen LogP contribution in [0.15, 0.2) is 0 Å². The molecule has 0 aliphatic heterocycles. The molecule has 8 heavy (non-hydrogen) atoms. The summed E-state index contributed by atoms with van der Waals surface area (Å²) in [6.07, 6.45) is 0. The van der Waals surface area contributed by atoms with E-state index in [0.29, 0.717) is 0 Å². The molecular weight excluding hydrogens is 108 g/mol. The van der Waals surface area contributed by atoms with E-state index in [1.54, 1.807) is 13.8 Å². The van der Waals surface area contributed by atoms with Gasteiger partial charge < -0.3 is 10.4 Å². The van der Waals surface area contributed by atoms with Crippen molar-refractivity contribution in [2.45, 2.75) is 25.9 Å². The second-order valence-corrected chi connectivity index (χ2v) is 1.84. The highest BCUT2D eigenvalue weighted by molar-refractivity contribution is 4.65. The molecule has 0 rings (SSSR count). The van der Waals surface area contributed by atoms with Crippen molar-refractivity contribution in [1.29, 1.82) is 0 Å². The van der Waals surface area contributed by atoms with E-state index in [9.17, 15) is 0 Å². The molecule has 0 aliphatic rings. The predicted octanol–water partition coefficient (Wildman–Crippen LogP) is -0.279. The maximum absolute atomic E-state index is 8.24. The molecule has 2 unspecified atom stereocenters. The Kier molecular flexibility index (Phi) is 3.72. The smallest absolute Gasteiger partial charge is 0.0464 e. The summed E-state index contributed by atoms with van der Waals surface area (Å²) < 4.78 is 0. The molecule has 4 heteroatoms. The largest absolute Gasteiger partial charge is 0.316 e. The van der Waals surface area contributed by atoms with Crippen molar-refractivity contribution < 1.29 is 10.4 Å². The summed E-state index contributed by atoms with van der Waals surface area (Å²) in [4.78, 5) is 0. The van der Waals surface area contributed by atoms with Gasteiger partial charge in [0.15, 0.2) is 0 Å². The Hall–Kier alpha value is -0.160. The standard InChI is InChI=1S/C4H12N2O2/c1-3(5-7)4(2)6-8/h3-8H,1-2H3. The zero-order valence-electron chi connectivity index (χ0n) is 5.05. The molecule has 4 nitrogen and oxygen atoms in total. The lowest BCUT2D eigenvalue weighted by Gasteiger charge is -2.14. The molecule has 0 aromatic carbocycles. The summed E-state index contributed by atoms with van der Waals surface area (Å²) in [5.41, 5.74) is 3.99. The van der Waals surface area contributed by atoms with Crippen molar-refractivity contribution in [3.63, 3.8) is 0 Å². The van der Waals surface area contributed by atoms with E-state index < -0.39 is 0 Å². The molecule has 0 radical (unpaired) electrons. The Morgan fingerprint density at radius 3 is 1.38 bits per heavy atom. The van der Waals surface area contributed by atoms with Crippen molar-refractivity contribution in [2.24, 2.45) is 0 Å². The molecule has 0 fully saturated rings. The normalized spacial score (nSPS) is 18.0. The van der Waals surface area contributed by atoms with Crippen molar-refractivity contribution >= 4 is 0 Å². The molecule has 0 aliphatic carbocycles. The highest BCUT2D eigenvalue weighted by Crippen LogP contribution is 1.86. The van der Waals surface area contributed by atoms with Gasteiger partial charge in [0, 0.05) is 12.1 Å². The zero-order valence-corrected chi connectivity index (χ0v) is 5.05. The average Bonchev–Trinajstić information content (AvgIpc) is 1.84. The van der Waals surface area contributed by atoms with Gasteiger partial charge >= 0.3 is 0 Å². The molecule has 0 saturated heterocycles. The van der Waals surface area contributed by atoms with Gasteiger partial charge in [-0.3, -0.25) is 0 Å². The quantitative estimate of drug-likeness (QED) is 0.387. The van der Waals surface area contributed by atoms with Crippen LogP contribution in [0.1, 0.15) is 13.8 Å². The maximum atomic E-state index is 8.24. The van der Waals surface area contributed by atoms with Gasteiger partial charge in [0.1, 0.15) is 0 Å². The van der Waals surface area contributed by atoms with Gasteiger partial charge in [0.25, 0.3) is 0 Å². The fourth-order valence-electron chi connectivity index (χ4n) is 0.224. The topological polar surface area (TPSA) is 64.5 Å². The second kappa shape index (κ2) is 3.80. The molecule has 0 amide bonds. The number of nitrogens with one attached hydrogen (secondary N) is 2. The molecule has 50 valence electrons. The Morgan fingerprint density at radius 2 is 1.25 bits per heavy atom. The van der Waals surface area contributed by atoms with Crippen LogP contribution >= 0.6 is 0 Å². The molecule has 0 bridgehead atoms. The molecule has 0 heterocycles. The minimum absolute atomic E-state index is 0.139. The summed E-state index contributed by atoms with van der Waals surface area (Å²) in [5, 5.41) is 16.5. The SMILES string of the molecule is CC(NO)C(C)NO. The van der Waals surface area contributed by atoms with Crippen LogP contribution in [0.5, 0.6) is 0 Å². The highest BCUT2D eigenvalue weighted by Gasteiger charge is 2.07. The Bertz CT molecular complexity index is 52.0. The summed E-state index contributed by atoms with van der Waals surface area (Å²) in [6.45, 7) is 3.49. The fourth-order valence-corrected chi connectivity index (χ4v) is 0.224. The average molecular weight is 120 g/mol. The molecule has 2 atom stereocenters. The molecule has 0 aromatic heterocycles. The molecule has 4 N–H and O–H groups in total. The molecular formula is C4H12N2O2.